The summed E-state index contributed by atoms with van der Waals surface area (Å²) in [4.78, 5) is 28.5. The highest BCUT2D eigenvalue weighted by atomic mass is 16.3. The molecule has 22 heavy (non-hydrogen) atoms. The van der Waals surface area contributed by atoms with Gasteiger partial charge in [-0.3, -0.25) is 9.59 Å². The first kappa shape index (κ1) is 15.8. The third-order valence-electron chi connectivity index (χ3n) is 3.14. The van der Waals surface area contributed by atoms with E-state index in [1.165, 1.54) is 6.26 Å². The highest BCUT2D eigenvalue weighted by Crippen LogP contribution is 2.09. The second-order valence-corrected chi connectivity index (χ2v) is 5.38. The summed E-state index contributed by atoms with van der Waals surface area (Å²) < 4.78 is 5.03. The van der Waals surface area contributed by atoms with Crippen molar-refractivity contribution in [3.8, 4) is 0 Å². The van der Waals surface area contributed by atoms with Crippen molar-refractivity contribution in [2.24, 2.45) is 5.92 Å². The highest BCUT2D eigenvalue weighted by Gasteiger charge is 2.25. The van der Waals surface area contributed by atoms with Crippen LogP contribution in [-0.4, -0.2) is 22.8 Å². The van der Waals surface area contributed by atoms with Crippen LogP contribution in [0.2, 0.25) is 0 Å². The first-order valence-corrected chi connectivity index (χ1v) is 7.05. The molecule has 0 spiro atoms. The molecule has 1 unspecified atom stereocenters. The third kappa shape index (κ3) is 3.94. The predicted molar refractivity (Wildman–Crippen MR) is 82.4 cm³/mol. The lowest BCUT2D eigenvalue weighted by Crippen LogP contribution is -2.47. The zero-order chi connectivity index (χ0) is 16.1. The Kier molecular flexibility index (Phi) is 4.93. The second-order valence-electron chi connectivity index (χ2n) is 5.38. The van der Waals surface area contributed by atoms with E-state index in [4.69, 9.17) is 4.42 Å². The highest BCUT2D eigenvalue weighted by molar-refractivity contribution is 5.99. The van der Waals surface area contributed by atoms with Crippen molar-refractivity contribution in [1.82, 2.24) is 10.3 Å². The molecule has 6 heteroatoms. The standard InChI is InChI=1S/C16H19N3O3/c1-10(2)14(19-15(20)12-5-4-8-22-12)16(21)18-13-7-6-11(3)9-17-13/h4-10,14H,1-3H3,(H,19,20)(H,17,18,21). The summed E-state index contributed by atoms with van der Waals surface area (Å²) in [5, 5.41) is 5.38. The van der Waals surface area contributed by atoms with Crippen LogP contribution in [0.3, 0.4) is 0 Å². The van der Waals surface area contributed by atoms with Gasteiger partial charge in [0.15, 0.2) is 5.76 Å². The molecule has 0 aromatic carbocycles. The minimum Gasteiger partial charge on any atom is -0.459 e. The lowest BCUT2D eigenvalue weighted by molar-refractivity contribution is -0.118. The van der Waals surface area contributed by atoms with E-state index in [1.54, 1.807) is 24.4 Å². The molecule has 0 saturated carbocycles. The van der Waals surface area contributed by atoms with Crippen molar-refractivity contribution in [1.29, 1.82) is 0 Å². The van der Waals surface area contributed by atoms with Crippen LogP contribution in [0, 0.1) is 12.8 Å². The molecule has 6 nitrogen and oxygen atoms in total. The fraction of sp³-hybridized carbons (Fsp3) is 0.312. The van der Waals surface area contributed by atoms with E-state index in [0.717, 1.165) is 5.56 Å². The van der Waals surface area contributed by atoms with Gasteiger partial charge in [0.1, 0.15) is 11.9 Å². The Balaban J connectivity index is 2.05. The average molecular weight is 301 g/mol. The van der Waals surface area contributed by atoms with Crippen molar-refractivity contribution in [2.45, 2.75) is 26.8 Å². The van der Waals surface area contributed by atoms with Gasteiger partial charge in [0.25, 0.3) is 5.91 Å². The maximum Gasteiger partial charge on any atom is 0.287 e. The van der Waals surface area contributed by atoms with Crippen molar-refractivity contribution in [3.63, 3.8) is 0 Å². The number of carbonyl (C=O) groups is 2. The van der Waals surface area contributed by atoms with Gasteiger partial charge in [-0.25, -0.2) is 4.98 Å². The number of aromatic nitrogens is 1. The van der Waals surface area contributed by atoms with E-state index in [2.05, 4.69) is 15.6 Å². The summed E-state index contributed by atoms with van der Waals surface area (Å²) in [6, 6.07) is 6.07. The molecule has 116 valence electrons. The number of rotatable bonds is 5. The van der Waals surface area contributed by atoms with Crippen molar-refractivity contribution >= 4 is 17.6 Å². The van der Waals surface area contributed by atoms with Crippen molar-refractivity contribution in [2.75, 3.05) is 5.32 Å². The Morgan fingerprint density at radius 2 is 2.00 bits per heavy atom. The van der Waals surface area contributed by atoms with E-state index < -0.39 is 11.9 Å². The molecular weight excluding hydrogens is 282 g/mol. The van der Waals surface area contributed by atoms with Crippen LogP contribution in [0.4, 0.5) is 5.82 Å². The molecule has 2 aromatic rings. The summed E-state index contributed by atoms with van der Waals surface area (Å²) >= 11 is 0. The van der Waals surface area contributed by atoms with Crippen LogP contribution in [0.25, 0.3) is 0 Å². The van der Waals surface area contributed by atoms with Gasteiger partial charge in [-0.15, -0.1) is 0 Å². The number of hydrogen-bond acceptors (Lipinski definition) is 4. The van der Waals surface area contributed by atoms with E-state index >= 15 is 0 Å². The first-order valence-electron chi connectivity index (χ1n) is 7.05. The molecule has 0 bridgehead atoms. The Bertz CT molecular complexity index is 633. The summed E-state index contributed by atoms with van der Waals surface area (Å²) in [7, 11) is 0. The number of pyridine rings is 1. The van der Waals surface area contributed by atoms with Gasteiger partial charge in [0.2, 0.25) is 5.91 Å². The van der Waals surface area contributed by atoms with Gasteiger partial charge in [-0.05, 0) is 36.6 Å². The summed E-state index contributed by atoms with van der Waals surface area (Å²) in [6.07, 6.45) is 3.08. The largest absolute Gasteiger partial charge is 0.459 e. The number of nitrogens with zero attached hydrogens (tertiary/aromatic N) is 1. The van der Waals surface area contributed by atoms with Crippen LogP contribution >= 0.6 is 0 Å². The molecule has 0 saturated heterocycles. The zero-order valence-corrected chi connectivity index (χ0v) is 12.8. The SMILES string of the molecule is Cc1ccc(NC(=O)C(NC(=O)c2ccco2)C(C)C)nc1. The van der Waals surface area contributed by atoms with E-state index in [0.29, 0.717) is 5.82 Å². The van der Waals surface area contributed by atoms with Gasteiger partial charge >= 0.3 is 0 Å². The topological polar surface area (TPSA) is 84.2 Å². The zero-order valence-electron chi connectivity index (χ0n) is 12.8. The number of carbonyl (C=O) groups excluding carboxylic acids is 2. The maximum absolute atomic E-state index is 12.3. The molecule has 2 N–H and O–H groups in total. The lowest BCUT2D eigenvalue weighted by atomic mass is 10.0. The van der Waals surface area contributed by atoms with Crippen LogP contribution in [0.5, 0.6) is 0 Å². The molecular formula is C16H19N3O3. The Morgan fingerprint density at radius 1 is 1.23 bits per heavy atom. The summed E-state index contributed by atoms with van der Waals surface area (Å²) in [5.41, 5.74) is 1.00. The molecule has 0 fully saturated rings. The average Bonchev–Trinajstić information content (AvgIpc) is 3.00. The monoisotopic (exact) mass is 301 g/mol. The van der Waals surface area contributed by atoms with Crippen LogP contribution in [-0.2, 0) is 4.79 Å². The fourth-order valence-electron chi connectivity index (χ4n) is 1.90. The molecule has 0 radical (unpaired) electrons. The molecule has 2 heterocycles. The number of amides is 2. The van der Waals surface area contributed by atoms with Gasteiger partial charge in [-0.2, -0.15) is 0 Å². The van der Waals surface area contributed by atoms with Crippen LogP contribution < -0.4 is 10.6 Å². The van der Waals surface area contributed by atoms with Gasteiger partial charge in [-0.1, -0.05) is 19.9 Å². The van der Waals surface area contributed by atoms with Gasteiger partial charge < -0.3 is 15.1 Å². The smallest absolute Gasteiger partial charge is 0.287 e. The molecule has 2 aromatic heterocycles. The minimum absolute atomic E-state index is 0.0793. The quantitative estimate of drug-likeness (QED) is 0.888. The Hall–Kier alpha value is -2.63. The van der Waals surface area contributed by atoms with Crippen LogP contribution in [0.1, 0.15) is 30.0 Å². The molecule has 2 amide bonds. The Morgan fingerprint density at radius 3 is 2.55 bits per heavy atom. The summed E-state index contributed by atoms with van der Waals surface area (Å²) in [6.45, 7) is 5.63. The minimum atomic E-state index is -0.680. The van der Waals surface area contributed by atoms with Gasteiger partial charge in [0.05, 0.1) is 6.26 Å². The Labute approximate surface area is 128 Å². The number of furan rings is 1. The predicted octanol–water partition coefficient (Wildman–Crippen LogP) is 2.38. The maximum atomic E-state index is 12.3. The molecule has 0 aliphatic rings. The molecule has 1 atom stereocenters. The van der Waals surface area contributed by atoms with Gasteiger partial charge in [0, 0.05) is 6.20 Å². The van der Waals surface area contributed by atoms with E-state index in [1.807, 2.05) is 26.8 Å². The van der Waals surface area contributed by atoms with E-state index in [-0.39, 0.29) is 17.6 Å². The number of aryl methyl sites for hydroxylation is 1. The first-order chi connectivity index (χ1) is 10.5. The number of anilines is 1. The lowest BCUT2D eigenvalue weighted by Gasteiger charge is -2.20. The number of nitrogens with one attached hydrogen (secondary N) is 2. The molecule has 0 aliphatic carbocycles. The summed E-state index contributed by atoms with van der Waals surface area (Å²) in [5.74, 6) is -0.188. The normalized spacial score (nSPS) is 12.0. The molecule has 0 aliphatic heterocycles. The van der Waals surface area contributed by atoms with E-state index in [9.17, 15) is 9.59 Å². The van der Waals surface area contributed by atoms with Crippen molar-refractivity contribution in [3.05, 3.63) is 48.0 Å². The molecule has 2 rings (SSSR count). The second kappa shape index (κ2) is 6.89. The fourth-order valence-corrected chi connectivity index (χ4v) is 1.90. The number of hydrogen-bond donors (Lipinski definition) is 2. The third-order valence-corrected chi connectivity index (χ3v) is 3.14. The van der Waals surface area contributed by atoms with Crippen LogP contribution in [0.15, 0.2) is 41.1 Å². The van der Waals surface area contributed by atoms with Crippen molar-refractivity contribution < 1.29 is 14.0 Å².